The van der Waals surface area contributed by atoms with Crippen LogP contribution >= 0.6 is 0 Å². The molecule has 0 spiro atoms. The third-order valence-electron chi connectivity index (χ3n) is 1.74. The standard InChI is InChI=1S/C9H12N2O3/c1-10-11(9(12)13)7-5-3-4-6-8(7)14-2/h3-6,10H,1-2H3,(H,12,13). The van der Waals surface area contributed by atoms with E-state index in [9.17, 15) is 4.79 Å². The number of anilines is 1. The van der Waals surface area contributed by atoms with Crippen molar-refractivity contribution in [1.82, 2.24) is 5.43 Å². The number of carbonyl (C=O) groups is 1. The molecule has 5 nitrogen and oxygen atoms in total. The molecule has 0 aromatic heterocycles. The number of amides is 1. The highest BCUT2D eigenvalue weighted by Crippen LogP contribution is 2.26. The van der Waals surface area contributed by atoms with Gasteiger partial charge in [0.15, 0.2) is 0 Å². The van der Waals surface area contributed by atoms with Crippen molar-refractivity contribution in [2.24, 2.45) is 0 Å². The molecule has 1 rings (SSSR count). The van der Waals surface area contributed by atoms with Crippen molar-refractivity contribution in [2.75, 3.05) is 19.2 Å². The number of hydrogen-bond donors (Lipinski definition) is 2. The quantitative estimate of drug-likeness (QED) is 0.715. The second-order valence-electron chi connectivity index (χ2n) is 2.51. The molecule has 0 fully saturated rings. The summed E-state index contributed by atoms with van der Waals surface area (Å²) in [5.74, 6) is 0.504. The molecule has 0 saturated heterocycles. The number of nitrogens with one attached hydrogen (secondary N) is 1. The fourth-order valence-electron chi connectivity index (χ4n) is 1.13. The second kappa shape index (κ2) is 4.48. The highest BCUT2D eigenvalue weighted by Gasteiger charge is 2.15. The predicted octanol–water partition coefficient (Wildman–Crippen LogP) is 1.31. The Kier molecular flexibility index (Phi) is 3.30. The largest absolute Gasteiger partial charge is 0.495 e. The molecule has 0 unspecified atom stereocenters. The summed E-state index contributed by atoms with van der Waals surface area (Å²) in [6, 6.07) is 6.87. The van der Waals surface area contributed by atoms with Crippen molar-refractivity contribution in [1.29, 1.82) is 0 Å². The summed E-state index contributed by atoms with van der Waals surface area (Å²) in [6.45, 7) is 0. The van der Waals surface area contributed by atoms with Crippen LogP contribution in [0, 0.1) is 0 Å². The highest BCUT2D eigenvalue weighted by atomic mass is 16.5. The predicted molar refractivity (Wildman–Crippen MR) is 52.6 cm³/mol. The Bertz CT molecular complexity index is 328. The van der Waals surface area contributed by atoms with E-state index in [1.54, 1.807) is 24.3 Å². The van der Waals surface area contributed by atoms with Crippen molar-refractivity contribution >= 4 is 11.8 Å². The van der Waals surface area contributed by atoms with E-state index in [1.165, 1.54) is 14.2 Å². The van der Waals surface area contributed by atoms with Gasteiger partial charge in [0, 0.05) is 7.05 Å². The number of carboxylic acid groups (broad SMARTS) is 1. The number of hydrogen-bond acceptors (Lipinski definition) is 3. The number of ether oxygens (including phenoxy) is 1. The van der Waals surface area contributed by atoms with Gasteiger partial charge in [0.25, 0.3) is 0 Å². The lowest BCUT2D eigenvalue weighted by Crippen LogP contribution is -2.39. The van der Waals surface area contributed by atoms with Gasteiger partial charge in [-0.2, -0.15) is 0 Å². The summed E-state index contributed by atoms with van der Waals surface area (Å²) in [5, 5.41) is 9.84. The molecule has 1 aromatic carbocycles. The van der Waals surface area contributed by atoms with Gasteiger partial charge in [0.2, 0.25) is 0 Å². The average molecular weight is 196 g/mol. The fourth-order valence-corrected chi connectivity index (χ4v) is 1.13. The number of methoxy groups -OCH3 is 1. The van der Waals surface area contributed by atoms with Gasteiger partial charge in [-0.15, -0.1) is 0 Å². The summed E-state index contributed by atoms with van der Waals surface area (Å²) >= 11 is 0. The van der Waals surface area contributed by atoms with Crippen LogP contribution in [-0.4, -0.2) is 25.4 Å². The summed E-state index contributed by atoms with van der Waals surface area (Å²) in [7, 11) is 3.02. The molecule has 0 aliphatic rings. The number of rotatable bonds is 3. The van der Waals surface area contributed by atoms with Crippen LogP contribution in [-0.2, 0) is 0 Å². The first-order valence-corrected chi connectivity index (χ1v) is 4.04. The van der Waals surface area contributed by atoms with Crippen molar-refractivity contribution < 1.29 is 14.6 Å². The van der Waals surface area contributed by atoms with Gasteiger partial charge >= 0.3 is 6.09 Å². The van der Waals surface area contributed by atoms with Gasteiger partial charge < -0.3 is 9.84 Å². The van der Waals surface area contributed by atoms with Gasteiger partial charge in [0.1, 0.15) is 11.4 Å². The van der Waals surface area contributed by atoms with Crippen LogP contribution in [0.3, 0.4) is 0 Å². The maximum Gasteiger partial charge on any atom is 0.426 e. The molecular weight excluding hydrogens is 184 g/mol. The van der Waals surface area contributed by atoms with Crippen molar-refractivity contribution in [2.45, 2.75) is 0 Å². The van der Waals surface area contributed by atoms with Gasteiger partial charge in [-0.3, -0.25) is 0 Å². The zero-order chi connectivity index (χ0) is 10.6. The Morgan fingerprint density at radius 1 is 1.50 bits per heavy atom. The van der Waals surface area contributed by atoms with E-state index in [1.807, 2.05) is 0 Å². The Morgan fingerprint density at radius 3 is 2.64 bits per heavy atom. The van der Waals surface area contributed by atoms with Crippen LogP contribution in [0.2, 0.25) is 0 Å². The van der Waals surface area contributed by atoms with Crippen LogP contribution < -0.4 is 15.2 Å². The minimum Gasteiger partial charge on any atom is -0.495 e. The van der Waals surface area contributed by atoms with Crippen LogP contribution in [0.15, 0.2) is 24.3 Å². The van der Waals surface area contributed by atoms with Crippen LogP contribution in [0.4, 0.5) is 10.5 Å². The van der Waals surface area contributed by atoms with Gasteiger partial charge in [-0.25, -0.2) is 15.2 Å². The SMILES string of the molecule is CNN(C(=O)O)c1ccccc1OC. The highest BCUT2D eigenvalue weighted by molar-refractivity contribution is 5.87. The third-order valence-corrected chi connectivity index (χ3v) is 1.74. The van der Waals surface area contributed by atoms with E-state index < -0.39 is 6.09 Å². The maximum atomic E-state index is 10.8. The van der Waals surface area contributed by atoms with Crippen LogP contribution in [0.1, 0.15) is 0 Å². The third kappa shape index (κ3) is 1.94. The molecule has 2 N–H and O–H groups in total. The summed E-state index contributed by atoms with van der Waals surface area (Å²) in [5.41, 5.74) is 3.01. The second-order valence-corrected chi connectivity index (χ2v) is 2.51. The van der Waals surface area contributed by atoms with Crippen LogP contribution in [0.25, 0.3) is 0 Å². The number of para-hydroxylation sites is 2. The summed E-state index contributed by atoms with van der Waals surface area (Å²) < 4.78 is 5.03. The van der Waals surface area contributed by atoms with E-state index in [0.29, 0.717) is 11.4 Å². The lowest BCUT2D eigenvalue weighted by Gasteiger charge is -2.19. The molecule has 0 saturated carbocycles. The molecule has 0 heterocycles. The van der Waals surface area contributed by atoms with E-state index in [-0.39, 0.29) is 0 Å². The van der Waals surface area contributed by atoms with Gasteiger partial charge in [0.05, 0.1) is 7.11 Å². The molecule has 14 heavy (non-hydrogen) atoms. The lowest BCUT2D eigenvalue weighted by molar-refractivity contribution is 0.199. The topological polar surface area (TPSA) is 61.8 Å². The van der Waals surface area contributed by atoms with Crippen molar-refractivity contribution in [3.63, 3.8) is 0 Å². The van der Waals surface area contributed by atoms with Gasteiger partial charge in [-0.1, -0.05) is 12.1 Å². The Morgan fingerprint density at radius 2 is 2.14 bits per heavy atom. The summed E-state index contributed by atoms with van der Waals surface area (Å²) in [4.78, 5) is 10.8. The molecule has 0 radical (unpaired) electrons. The fraction of sp³-hybridized carbons (Fsp3) is 0.222. The molecule has 76 valence electrons. The molecule has 0 aliphatic heterocycles. The van der Waals surface area contributed by atoms with Crippen molar-refractivity contribution in [3.05, 3.63) is 24.3 Å². The molecule has 0 aliphatic carbocycles. The molecule has 1 aromatic rings. The smallest absolute Gasteiger partial charge is 0.426 e. The Balaban J connectivity index is 3.08. The average Bonchev–Trinajstić information content (AvgIpc) is 2.19. The normalized spacial score (nSPS) is 9.57. The molecular formula is C9H12N2O3. The van der Waals surface area contributed by atoms with Gasteiger partial charge in [-0.05, 0) is 12.1 Å². The maximum absolute atomic E-state index is 10.8. The Hall–Kier alpha value is -1.75. The van der Waals surface area contributed by atoms with Crippen molar-refractivity contribution in [3.8, 4) is 5.75 Å². The zero-order valence-corrected chi connectivity index (χ0v) is 8.02. The molecule has 0 bridgehead atoms. The Labute approximate surface area is 81.9 Å². The number of benzene rings is 1. The summed E-state index contributed by atoms with van der Waals surface area (Å²) in [6.07, 6.45) is -1.09. The lowest BCUT2D eigenvalue weighted by atomic mass is 10.3. The first-order chi connectivity index (χ1) is 6.70. The minimum atomic E-state index is -1.09. The number of nitrogens with zero attached hydrogens (tertiary/aromatic N) is 1. The monoisotopic (exact) mass is 196 g/mol. The minimum absolute atomic E-state index is 0.463. The molecule has 0 atom stereocenters. The molecule has 5 heteroatoms. The van der Waals surface area contributed by atoms with E-state index >= 15 is 0 Å². The van der Waals surface area contributed by atoms with E-state index in [0.717, 1.165) is 5.01 Å². The number of hydrazine groups is 1. The van der Waals surface area contributed by atoms with E-state index in [2.05, 4.69) is 5.43 Å². The molecule has 1 amide bonds. The first-order valence-electron chi connectivity index (χ1n) is 4.04. The van der Waals surface area contributed by atoms with Crippen LogP contribution in [0.5, 0.6) is 5.75 Å². The zero-order valence-electron chi connectivity index (χ0n) is 8.02. The first kappa shape index (κ1) is 10.3. The van der Waals surface area contributed by atoms with E-state index in [4.69, 9.17) is 9.84 Å².